The third kappa shape index (κ3) is 2.26. The quantitative estimate of drug-likeness (QED) is 0.461. The van der Waals surface area contributed by atoms with E-state index in [0.29, 0.717) is 18.4 Å². The minimum absolute atomic E-state index is 0.406. The van der Waals surface area contributed by atoms with Crippen LogP contribution >= 0.6 is 0 Å². The van der Waals surface area contributed by atoms with Crippen molar-refractivity contribution >= 4 is 0 Å². The zero-order chi connectivity index (χ0) is 10.5. The molecule has 1 saturated heterocycles. The minimum Gasteiger partial charge on any atom is -0.316 e. The molecule has 0 aromatic carbocycles. The average molecular weight is 203 g/mol. The predicted molar refractivity (Wildman–Crippen MR) is 57.4 cm³/mol. The van der Waals surface area contributed by atoms with Crippen molar-refractivity contribution < 1.29 is 0 Å². The molecule has 78 valence electrons. The Morgan fingerprint density at radius 3 is 3.00 bits per heavy atom. The Balaban J connectivity index is 2.11. The zero-order valence-electron chi connectivity index (χ0n) is 8.37. The largest absolute Gasteiger partial charge is 0.316 e. The molecule has 15 heavy (non-hydrogen) atoms. The summed E-state index contributed by atoms with van der Waals surface area (Å²) in [7, 11) is 0. The molecule has 1 fully saturated rings. The molecule has 2 heterocycles. The van der Waals surface area contributed by atoms with E-state index in [4.69, 9.17) is 5.53 Å². The summed E-state index contributed by atoms with van der Waals surface area (Å²) in [5.41, 5.74) is 9.58. The van der Waals surface area contributed by atoms with Gasteiger partial charge in [-0.05, 0) is 35.7 Å². The van der Waals surface area contributed by atoms with Crippen LogP contribution in [0.2, 0.25) is 0 Å². The van der Waals surface area contributed by atoms with Crippen LogP contribution in [0, 0.1) is 5.92 Å². The maximum Gasteiger partial charge on any atom is 0.0304 e. The molecule has 0 bridgehead atoms. The Kier molecular flexibility index (Phi) is 3.17. The van der Waals surface area contributed by atoms with Crippen LogP contribution in [0.1, 0.15) is 11.5 Å². The highest BCUT2D eigenvalue weighted by atomic mass is 15.1. The van der Waals surface area contributed by atoms with Gasteiger partial charge in [0, 0.05) is 36.3 Å². The van der Waals surface area contributed by atoms with Gasteiger partial charge in [-0.25, -0.2) is 0 Å². The lowest BCUT2D eigenvalue weighted by Gasteiger charge is -2.16. The number of aromatic nitrogens is 1. The molecule has 2 rings (SSSR count). The summed E-state index contributed by atoms with van der Waals surface area (Å²) in [6.45, 7) is 2.44. The maximum absolute atomic E-state index is 8.31. The maximum atomic E-state index is 8.31. The van der Waals surface area contributed by atoms with Gasteiger partial charge in [0.15, 0.2) is 0 Å². The molecule has 5 nitrogen and oxygen atoms in total. The van der Waals surface area contributed by atoms with E-state index >= 15 is 0 Å². The molecule has 0 spiro atoms. The smallest absolute Gasteiger partial charge is 0.0304 e. The van der Waals surface area contributed by atoms with Crippen molar-refractivity contribution in [1.82, 2.24) is 10.3 Å². The Labute approximate surface area is 88.2 Å². The summed E-state index contributed by atoms with van der Waals surface area (Å²) in [6.07, 6.45) is 3.61. The van der Waals surface area contributed by atoms with Crippen LogP contribution in [0.3, 0.4) is 0 Å². The van der Waals surface area contributed by atoms with Gasteiger partial charge in [0.2, 0.25) is 0 Å². The van der Waals surface area contributed by atoms with E-state index in [1.165, 1.54) is 5.56 Å². The normalized spacial score (nSPS) is 24.8. The fourth-order valence-electron chi connectivity index (χ4n) is 2.07. The van der Waals surface area contributed by atoms with E-state index < -0.39 is 0 Å². The van der Waals surface area contributed by atoms with E-state index in [9.17, 15) is 0 Å². The van der Waals surface area contributed by atoms with Gasteiger partial charge in [-0.1, -0.05) is 5.11 Å². The molecule has 0 amide bonds. The molecule has 0 saturated carbocycles. The number of hydrogen-bond donors (Lipinski definition) is 1. The minimum atomic E-state index is 0.406. The van der Waals surface area contributed by atoms with Crippen molar-refractivity contribution in [3.63, 3.8) is 0 Å². The van der Waals surface area contributed by atoms with Crippen molar-refractivity contribution in [3.05, 3.63) is 40.5 Å². The first kappa shape index (κ1) is 9.96. The molecular weight excluding hydrogens is 190 g/mol. The lowest BCUT2D eigenvalue weighted by atomic mass is 9.90. The second kappa shape index (κ2) is 4.77. The Hall–Kier alpha value is -1.58. The molecule has 1 aromatic rings. The van der Waals surface area contributed by atoms with Crippen LogP contribution in [0.25, 0.3) is 10.4 Å². The van der Waals surface area contributed by atoms with Crippen LogP contribution in [0.15, 0.2) is 29.6 Å². The lowest BCUT2D eigenvalue weighted by molar-refractivity contribution is 0.529. The van der Waals surface area contributed by atoms with Crippen LogP contribution in [-0.4, -0.2) is 24.6 Å². The van der Waals surface area contributed by atoms with E-state index in [1.807, 2.05) is 12.1 Å². The highest BCUT2D eigenvalue weighted by Gasteiger charge is 2.27. The van der Waals surface area contributed by atoms with Gasteiger partial charge >= 0.3 is 0 Å². The van der Waals surface area contributed by atoms with Gasteiger partial charge in [0.25, 0.3) is 0 Å². The third-order valence-corrected chi connectivity index (χ3v) is 2.85. The Morgan fingerprint density at radius 2 is 2.27 bits per heavy atom. The lowest BCUT2D eigenvalue weighted by Crippen LogP contribution is -2.13. The van der Waals surface area contributed by atoms with E-state index in [2.05, 4.69) is 20.3 Å². The first-order chi connectivity index (χ1) is 7.42. The third-order valence-electron chi connectivity index (χ3n) is 2.85. The van der Waals surface area contributed by atoms with Gasteiger partial charge in [-0.2, -0.15) is 0 Å². The van der Waals surface area contributed by atoms with Gasteiger partial charge in [0.05, 0.1) is 0 Å². The van der Waals surface area contributed by atoms with Gasteiger partial charge in [-0.3, -0.25) is 4.98 Å². The molecule has 1 aromatic heterocycles. The predicted octanol–water partition coefficient (Wildman–Crippen LogP) is 1.69. The zero-order valence-corrected chi connectivity index (χ0v) is 8.37. The van der Waals surface area contributed by atoms with Gasteiger partial charge in [-0.15, -0.1) is 0 Å². The standard InChI is InChI=1S/C10H13N5/c11-15-14-6-9-5-13-7-10(9)8-1-3-12-4-2-8/h1-4,9-10,13H,5-7H2. The summed E-state index contributed by atoms with van der Waals surface area (Å²) >= 11 is 0. The van der Waals surface area contributed by atoms with Crippen LogP contribution in [0.5, 0.6) is 0 Å². The van der Waals surface area contributed by atoms with Crippen LogP contribution in [-0.2, 0) is 0 Å². The molecule has 2 atom stereocenters. The van der Waals surface area contributed by atoms with E-state index in [0.717, 1.165) is 13.1 Å². The van der Waals surface area contributed by atoms with E-state index in [1.54, 1.807) is 12.4 Å². The van der Waals surface area contributed by atoms with Crippen molar-refractivity contribution in [2.75, 3.05) is 19.6 Å². The summed E-state index contributed by atoms with van der Waals surface area (Å²) in [5.74, 6) is 0.849. The molecule has 1 N–H and O–H groups in total. The van der Waals surface area contributed by atoms with Crippen molar-refractivity contribution in [2.24, 2.45) is 11.0 Å². The number of hydrogen-bond acceptors (Lipinski definition) is 3. The fourth-order valence-corrected chi connectivity index (χ4v) is 2.07. The summed E-state index contributed by atoms with van der Waals surface area (Å²) < 4.78 is 0. The average Bonchev–Trinajstić information content (AvgIpc) is 2.75. The number of pyridine rings is 1. The molecule has 0 radical (unpaired) electrons. The van der Waals surface area contributed by atoms with Gasteiger partial charge < -0.3 is 5.32 Å². The second-order valence-corrected chi connectivity index (χ2v) is 3.72. The van der Waals surface area contributed by atoms with E-state index in [-0.39, 0.29) is 0 Å². The summed E-state index contributed by atoms with van der Waals surface area (Å²) in [5, 5.41) is 6.98. The molecule has 1 aliphatic rings. The number of azide groups is 1. The van der Waals surface area contributed by atoms with Crippen molar-refractivity contribution in [3.8, 4) is 0 Å². The summed E-state index contributed by atoms with van der Waals surface area (Å²) in [4.78, 5) is 6.81. The number of rotatable bonds is 3. The molecule has 5 heteroatoms. The molecule has 0 aliphatic carbocycles. The van der Waals surface area contributed by atoms with Gasteiger partial charge in [0.1, 0.15) is 0 Å². The fraction of sp³-hybridized carbons (Fsp3) is 0.500. The monoisotopic (exact) mass is 203 g/mol. The molecular formula is C10H13N5. The Morgan fingerprint density at radius 1 is 1.47 bits per heavy atom. The first-order valence-corrected chi connectivity index (χ1v) is 5.03. The first-order valence-electron chi connectivity index (χ1n) is 5.03. The van der Waals surface area contributed by atoms with Crippen LogP contribution < -0.4 is 5.32 Å². The SMILES string of the molecule is [N-]=[N+]=NCC1CNCC1c1ccncc1. The molecule has 2 unspecified atom stereocenters. The highest BCUT2D eigenvalue weighted by Crippen LogP contribution is 2.27. The molecule has 1 aliphatic heterocycles. The summed E-state index contributed by atoms with van der Waals surface area (Å²) in [6, 6.07) is 4.06. The van der Waals surface area contributed by atoms with Crippen molar-refractivity contribution in [1.29, 1.82) is 0 Å². The number of nitrogens with one attached hydrogen (secondary N) is 1. The highest BCUT2D eigenvalue weighted by molar-refractivity contribution is 5.19. The van der Waals surface area contributed by atoms with Crippen LogP contribution in [0.4, 0.5) is 0 Å². The number of nitrogens with zero attached hydrogens (tertiary/aromatic N) is 4. The van der Waals surface area contributed by atoms with Crippen molar-refractivity contribution in [2.45, 2.75) is 5.92 Å². The topological polar surface area (TPSA) is 73.7 Å². The Bertz CT molecular complexity index is 357. The second-order valence-electron chi connectivity index (χ2n) is 3.72.